The average Bonchev–Trinajstić information content (AvgIpc) is 2.95. The van der Waals surface area contributed by atoms with E-state index in [0.717, 1.165) is 5.56 Å². The SMILES string of the molecule is CN1C(=O)C[C@@H](CNc2nc3ccccc3c(=O)[nH]2)[C@@H]1c1ccncc1. The van der Waals surface area contributed by atoms with E-state index in [4.69, 9.17) is 0 Å². The minimum atomic E-state index is -0.177. The predicted molar refractivity (Wildman–Crippen MR) is 98.7 cm³/mol. The number of aromatic nitrogens is 3. The van der Waals surface area contributed by atoms with Gasteiger partial charge in [-0.25, -0.2) is 4.98 Å². The number of pyridine rings is 1. The third kappa shape index (κ3) is 2.92. The lowest BCUT2D eigenvalue weighted by molar-refractivity contribution is -0.127. The number of carbonyl (C=O) groups excluding carboxylic acids is 1. The van der Waals surface area contributed by atoms with E-state index >= 15 is 0 Å². The monoisotopic (exact) mass is 349 g/mol. The molecule has 1 aliphatic heterocycles. The van der Waals surface area contributed by atoms with E-state index in [9.17, 15) is 9.59 Å². The zero-order valence-electron chi connectivity index (χ0n) is 14.3. The lowest BCUT2D eigenvalue weighted by Crippen LogP contribution is -2.27. The summed E-state index contributed by atoms with van der Waals surface area (Å²) in [5.74, 6) is 0.606. The molecule has 7 heteroatoms. The molecule has 0 bridgehead atoms. The molecule has 0 unspecified atom stereocenters. The number of nitrogens with one attached hydrogen (secondary N) is 2. The topological polar surface area (TPSA) is 91.0 Å². The maximum Gasteiger partial charge on any atom is 0.260 e. The van der Waals surface area contributed by atoms with Gasteiger partial charge in [0.15, 0.2) is 0 Å². The first-order chi connectivity index (χ1) is 12.6. The number of aromatic amines is 1. The molecule has 1 amide bonds. The van der Waals surface area contributed by atoms with Gasteiger partial charge in [0.25, 0.3) is 5.56 Å². The number of fused-ring (bicyclic) bond motifs is 1. The van der Waals surface area contributed by atoms with Crippen molar-refractivity contribution in [1.29, 1.82) is 0 Å². The number of likely N-dealkylation sites (tertiary alicyclic amines) is 1. The van der Waals surface area contributed by atoms with Crippen molar-refractivity contribution >= 4 is 22.8 Å². The van der Waals surface area contributed by atoms with E-state index in [1.54, 1.807) is 23.4 Å². The maximum absolute atomic E-state index is 12.2. The highest BCUT2D eigenvalue weighted by atomic mass is 16.2. The van der Waals surface area contributed by atoms with Crippen LogP contribution in [0.4, 0.5) is 5.95 Å². The molecule has 1 aliphatic rings. The number of para-hydroxylation sites is 1. The first-order valence-corrected chi connectivity index (χ1v) is 8.52. The van der Waals surface area contributed by atoms with E-state index in [-0.39, 0.29) is 23.4 Å². The van der Waals surface area contributed by atoms with Crippen LogP contribution in [0.2, 0.25) is 0 Å². The summed E-state index contributed by atoms with van der Waals surface area (Å²) in [6.07, 6.45) is 3.92. The minimum Gasteiger partial charge on any atom is -0.355 e. The number of anilines is 1. The van der Waals surface area contributed by atoms with E-state index in [1.807, 2.05) is 37.4 Å². The van der Waals surface area contributed by atoms with Gasteiger partial charge in [-0.05, 0) is 29.8 Å². The molecule has 0 saturated carbocycles. The Labute approximate surface area is 150 Å². The van der Waals surface area contributed by atoms with Crippen LogP contribution in [0.15, 0.2) is 53.6 Å². The fraction of sp³-hybridized carbons (Fsp3) is 0.263. The number of rotatable bonds is 4. The summed E-state index contributed by atoms with van der Waals surface area (Å²) in [5, 5.41) is 3.76. The Kier molecular flexibility index (Phi) is 4.12. The smallest absolute Gasteiger partial charge is 0.260 e. The third-order valence-corrected chi connectivity index (χ3v) is 4.89. The average molecular weight is 349 g/mol. The standard InChI is InChI=1S/C19H19N5O2/c1-24-16(25)10-13(17(24)12-6-8-20-9-7-12)11-21-19-22-15-5-3-2-4-14(15)18(26)23-19/h2-9,13,17H,10-11H2,1H3,(H2,21,22,23,26)/t13-,17-/m0/s1. The predicted octanol–water partition coefficient (Wildman–Crippen LogP) is 1.95. The maximum atomic E-state index is 12.2. The number of amides is 1. The van der Waals surface area contributed by atoms with Crippen LogP contribution in [0, 0.1) is 5.92 Å². The quantitative estimate of drug-likeness (QED) is 0.751. The van der Waals surface area contributed by atoms with Crippen LogP contribution in [-0.2, 0) is 4.79 Å². The van der Waals surface area contributed by atoms with Crippen molar-refractivity contribution in [2.45, 2.75) is 12.5 Å². The summed E-state index contributed by atoms with van der Waals surface area (Å²) in [4.78, 5) is 37.4. The summed E-state index contributed by atoms with van der Waals surface area (Å²) in [6.45, 7) is 0.532. The van der Waals surface area contributed by atoms with Gasteiger partial charge in [-0.1, -0.05) is 12.1 Å². The van der Waals surface area contributed by atoms with Gasteiger partial charge >= 0.3 is 0 Å². The Morgan fingerprint density at radius 3 is 2.77 bits per heavy atom. The fourth-order valence-electron chi connectivity index (χ4n) is 3.59. The highest BCUT2D eigenvalue weighted by molar-refractivity contribution is 5.80. The molecule has 26 heavy (non-hydrogen) atoms. The van der Waals surface area contributed by atoms with Crippen LogP contribution in [-0.4, -0.2) is 39.4 Å². The number of hydrogen-bond donors (Lipinski definition) is 2. The molecule has 3 aromatic rings. The van der Waals surface area contributed by atoms with E-state index < -0.39 is 0 Å². The van der Waals surface area contributed by atoms with Crippen molar-refractivity contribution in [3.05, 3.63) is 64.7 Å². The van der Waals surface area contributed by atoms with Gasteiger partial charge in [0.1, 0.15) is 0 Å². The number of nitrogens with zero attached hydrogens (tertiary/aromatic N) is 3. The molecule has 0 radical (unpaired) electrons. The van der Waals surface area contributed by atoms with Crippen LogP contribution in [0.25, 0.3) is 10.9 Å². The molecule has 1 saturated heterocycles. The molecule has 2 atom stereocenters. The van der Waals surface area contributed by atoms with E-state index in [1.165, 1.54) is 0 Å². The van der Waals surface area contributed by atoms with Crippen molar-refractivity contribution in [1.82, 2.24) is 19.9 Å². The van der Waals surface area contributed by atoms with Gasteiger partial charge in [-0.2, -0.15) is 0 Å². The molecule has 7 nitrogen and oxygen atoms in total. The molecule has 4 rings (SSSR count). The molecule has 0 aliphatic carbocycles. The summed E-state index contributed by atoms with van der Waals surface area (Å²) >= 11 is 0. The number of benzene rings is 1. The summed E-state index contributed by atoms with van der Waals surface area (Å²) < 4.78 is 0. The molecule has 2 N–H and O–H groups in total. The van der Waals surface area contributed by atoms with Gasteiger partial charge in [0.05, 0.1) is 16.9 Å². The third-order valence-electron chi connectivity index (χ3n) is 4.89. The largest absolute Gasteiger partial charge is 0.355 e. The van der Waals surface area contributed by atoms with Crippen LogP contribution < -0.4 is 10.9 Å². The van der Waals surface area contributed by atoms with Crippen molar-refractivity contribution in [3.8, 4) is 0 Å². The van der Waals surface area contributed by atoms with E-state index in [0.29, 0.717) is 29.8 Å². The number of hydrogen-bond acceptors (Lipinski definition) is 5. The first-order valence-electron chi connectivity index (χ1n) is 8.52. The van der Waals surface area contributed by atoms with Crippen LogP contribution in [0.1, 0.15) is 18.0 Å². The molecule has 1 fully saturated rings. The summed E-state index contributed by atoms with van der Waals surface area (Å²) in [5.41, 5.74) is 1.52. The second-order valence-corrected chi connectivity index (χ2v) is 6.51. The van der Waals surface area contributed by atoms with Crippen molar-refractivity contribution in [2.24, 2.45) is 5.92 Å². The van der Waals surface area contributed by atoms with Crippen LogP contribution in [0.3, 0.4) is 0 Å². The number of carbonyl (C=O) groups is 1. The van der Waals surface area contributed by atoms with Crippen molar-refractivity contribution in [2.75, 3.05) is 18.9 Å². The highest BCUT2D eigenvalue weighted by Crippen LogP contribution is 2.36. The van der Waals surface area contributed by atoms with Crippen molar-refractivity contribution in [3.63, 3.8) is 0 Å². The van der Waals surface area contributed by atoms with Gasteiger partial charge < -0.3 is 10.2 Å². The molecule has 1 aromatic carbocycles. The molecule has 0 spiro atoms. The highest BCUT2D eigenvalue weighted by Gasteiger charge is 2.38. The van der Waals surface area contributed by atoms with Crippen LogP contribution in [0.5, 0.6) is 0 Å². The summed E-state index contributed by atoms with van der Waals surface area (Å²) in [7, 11) is 1.82. The second kappa shape index (κ2) is 6.59. The van der Waals surface area contributed by atoms with Crippen LogP contribution >= 0.6 is 0 Å². The fourth-order valence-corrected chi connectivity index (χ4v) is 3.59. The van der Waals surface area contributed by atoms with Crippen molar-refractivity contribution < 1.29 is 4.79 Å². The second-order valence-electron chi connectivity index (χ2n) is 6.51. The molecular formula is C19H19N5O2. The first kappa shape index (κ1) is 16.3. The molecule has 3 heterocycles. The molecular weight excluding hydrogens is 330 g/mol. The Bertz CT molecular complexity index is 1000. The van der Waals surface area contributed by atoms with Gasteiger partial charge in [0.2, 0.25) is 11.9 Å². The lowest BCUT2D eigenvalue weighted by atomic mass is 9.94. The van der Waals surface area contributed by atoms with Gasteiger partial charge in [-0.15, -0.1) is 0 Å². The Hall–Kier alpha value is -3.22. The number of H-pyrrole nitrogens is 1. The van der Waals surface area contributed by atoms with Gasteiger partial charge in [-0.3, -0.25) is 19.6 Å². The summed E-state index contributed by atoms with van der Waals surface area (Å²) in [6, 6.07) is 11.1. The lowest BCUT2D eigenvalue weighted by Gasteiger charge is -2.25. The Balaban J connectivity index is 1.57. The van der Waals surface area contributed by atoms with E-state index in [2.05, 4.69) is 20.3 Å². The Morgan fingerprint density at radius 2 is 1.96 bits per heavy atom. The minimum absolute atomic E-state index is 0.0230. The normalized spacial score (nSPS) is 19.9. The molecule has 132 valence electrons. The zero-order valence-corrected chi connectivity index (χ0v) is 14.3. The zero-order chi connectivity index (χ0) is 18.1. The molecule has 2 aromatic heterocycles. The Morgan fingerprint density at radius 1 is 1.19 bits per heavy atom. The van der Waals surface area contributed by atoms with Gasteiger partial charge in [0, 0.05) is 38.3 Å².